The third-order valence-corrected chi connectivity index (χ3v) is 5.72. The standard InChI is InChI=1S/C30H40N2O8/c1-19(2)17-39-29(37)23(15-21-11-7-5-8-12-21)31-27(35)25(33)26(34)28(36)32-24(30(38)40-18-20(3)4)16-22-13-9-6-10-14-22/h5-14,19-20,23-26,33-34H,15-18H2,1-4H3,(H,31,35)(H,32,36)/t23-,24-,25-,26+/m0/s1. The maximum Gasteiger partial charge on any atom is 0.328 e. The zero-order chi connectivity index (χ0) is 29.7. The summed E-state index contributed by atoms with van der Waals surface area (Å²) in [5, 5.41) is 25.8. The Balaban J connectivity index is 2.10. The summed E-state index contributed by atoms with van der Waals surface area (Å²) in [7, 11) is 0. The first-order valence-corrected chi connectivity index (χ1v) is 13.4. The van der Waals surface area contributed by atoms with Crippen LogP contribution in [-0.4, -0.2) is 71.5 Å². The lowest BCUT2D eigenvalue weighted by molar-refractivity contribution is -0.154. The molecule has 2 aromatic rings. The predicted molar refractivity (Wildman–Crippen MR) is 148 cm³/mol. The van der Waals surface area contributed by atoms with Crippen molar-refractivity contribution in [1.82, 2.24) is 10.6 Å². The Morgan fingerprint density at radius 2 is 0.950 bits per heavy atom. The van der Waals surface area contributed by atoms with Gasteiger partial charge in [-0.05, 0) is 23.0 Å². The first-order valence-electron chi connectivity index (χ1n) is 13.4. The van der Waals surface area contributed by atoms with Gasteiger partial charge in [-0.1, -0.05) is 88.4 Å². The van der Waals surface area contributed by atoms with E-state index in [1.807, 2.05) is 27.7 Å². The summed E-state index contributed by atoms with van der Waals surface area (Å²) < 4.78 is 10.5. The van der Waals surface area contributed by atoms with Crippen LogP contribution in [0.2, 0.25) is 0 Å². The van der Waals surface area contributed by atoms with Crippen LogP contribution in [0.4, 0.5) is 0 Å². The molecule has 0 aromatic heterocycles. The molecule has 2 aromatic carbocycles. The first kappa shape index (κ1) is 32.5. The van der Waals surface area contributed by atoms with Crippen LogP contribution in [0.25, 0.3) is 0 Å². The van der Waals surface area contributed by atoms with Crippen LogP contribution in [-0.2, 0) is 41.5 Å². The average molecular weight is 557 g/mol. The molecule has 40 heavy (non-hydrogen) atoms. The molecule has 10 heteroatoms. The molecular weight excluding hydrogens is 516 g/mol. The summed E-state index contributed by atoms with van der Waals surface area (Å²) in [6, 6.07) is 15.4. The lowest BCUT2D eigenvalue weighted by Crippen LogP contribution is -2.56. The van der Waals surface area contributed by atoms with E-state index in [4.69, 9.17) is 9.47 Å². The molecule has 4 atom stereocenters. The Bertz CT molecular complexity index is 1000. The van der Waals surface area contributed by atoms with Crippen molar-refractivity contribution in [3.8, 4) is 0 Å². The van der Waals surface area contributed by atoms with Crippen molar-refractivity contribution in [1.29, 1.82) is 0 Å². The number of esters is 2. The van der Waals surface area contributed by atoms with Gasteiger partial charge in [-0.25, -0.2) is 9.59 Å². The van der Waals surface area contributed by atoms with Crippen molar-refractivity contribution in [2.45, 2.75) is 64.8 Å². The topological polar surface area (TPSA) is 151 Å². The Kier molecular flexibility index (Phi) is 13.3. The third-order valence-electron chi connectivity index (χ3n) is 5.72. The fourth-order valence-corrected chi connectivity index (χ4v) is 3.59. The van der Waals surface area contributed by atoms with E-state index >= 15 is 0 Å². The van der Waals surface area contributed by atoms with Crippen molar-refractivity contribution in [2.75, 3.05) is 13.2 Å². The summed E-state index contributed by atoms with van der Waals surface area (Å²) in [6.07, 6.45) is -4.31. The molecule has 0 saturated carbocycles. The summed E-state index contributed by atoms with van der Waals surface area (Å²) in [5.74, 6) is -3.60. The van der Waals surface area contributed by atoms with E-state index in [-0.39, 0.29) is 37.9 Å². The van der Waals surface area contributed by atoms with Gasteiger partial charge in [0.05, 0.1) is 13.2 Å². The van der Waals surface area contributed by atoms with Crippen molar-refractivity contribution >= 4 is 23.8 Å². The molecule has 0 bridgehead atoms. The van der Waals surface area contributed by atoms with E-state index in [1.54, 1.807) is 60.7 Å². The second-order valence-corrected chi connectivity index (χ2v) is 10.4. The van der Waals surface area contributed by atoms with Crippen molar-refractivity contribution in [3.63, 3.8) is 0 Å². The SMILES string of the molecule is CC(C)COC(=O)[C@H](Cc1ccccc1)NC(=O)[C@@H](O)[C@@H](O)C(=O)N[C@@H](Cc1ccccc1)C(=O)OCC(C)C. The zero-order valence-electron chi connectivity index (χ0n) is 23.4. The number of benzene rings is 2. The monoisotopic (exact) mass is 556 g/mol. The van der Waals surface area contributed by atoms with Gasteiger partial charge in [-0.2, -0.15) is 0 Å². The largest absolute Gasteiger partial charge is 0.464 e. The summed E-state index contributed by atoms with van der Waals surface area (Å²) in [5.41, 5.74) is 1.46. The lowest BCUT2D eigenvalue weighted by atomic mass is 10.0. The number of carbonyl (C=O) groups excluding carboxylic acids is 4. The van der Waals surface area contributed by atoms with Crippen LogP contribution in [0, 0.1) is 11.8 Å². The van der Waals surface area contributed by atoms with E-state index < -0.39 is 48.0 Å². The van der Waals surface area contributed by atoms with Crippen LogP contribution in [0.1, 0.15) is 38.8 Å². The summed E-state index contributed by atoms with van der Waals surface area (Å²) in [6.45, 7) is 7.70. The second-order valence-electron chi connectivity index (χ2n) is 10.4. The van der Waals surface area contributed by atoms with Crippen molar-refractivity contribution in [2.24, 2.45) is 11.8 Å². The highest BCUT2D eigenvalue weighted by atomic mass is 16.5. The lowest BCUT2D eigenvalue weighted by Gasteiger charge is -2.24. The van der Waals surface area contributed by atoms with E-state index in [0.29, 0.717) is 0 Å². The fraction of sp³-hybridized carbons (Fsp3) is 0.467. The number of hydrogen-bond donors (Lipinski definition) is 4. The number of rotatable bonds is 15. The number of amides is 2. The number of nitrogens with one attached hydrogen (secondary N) is 2. The Labute approximate surface area is 235 Å². The van der Waals surface area contributed by atoms with Crippen LogP contribution in [0.5, 0.6) is 0 Å². The second kappa shape index (κ2) is 16.4. The van der Waals surface area contributed by atoms with Gasteiger partial charge in [0.1, 0.15) is 12.1 Å². The zero-order valence-corrected chi connectivity index (χ0v) is 23.4. The molecule has 0 heterocycles. The number of carbonyl (C=O) groups is 4. The molecule has 2 rings (SSSR count). The van der Waals surface area contributed by atoms with Crippen molar-refractivity contribution in [3.05, 3.63) is 71.8 Å². The Morgan fingerprint density at radius 3 is 1.25 bits per heavy atom. The first-order chi connectivity index (χ1) is 19.0. The molecule has 0 aliphatic rings. The molecular formula is C30H40N2O8. The highest BCUT2D eigenvalue weighted by molar-refractivity contribution is 5.94. The minimum Gasteiger partial charge on any atom is -0.464 e. The molecule has 4 N–H and O–H groups in total. The predicted octanol–water partition coefficient (Wildman–Crippen LogP) is 1.56. The fourth-order valence-electron chi connectivity index (χ4n) is 3.59. The minimum atomic E-state index is -2.22. The van der Waals surface area contributed by atoms with E-state index in [2.05, 4.69) is 10.6 Å². The Hall–Kier alpha value is -3.76. The molecule has 0 aliphatic heterocycles. The average Bonchev–Trinajstić information content (AvgIpc) is 2.93. The van der Waals surface area contributed by atoms with Gasteiger partial charge < -0.3 is 30.3 Å². The molecule has 218 valence electrons. The maximum absolute atomic E-state index is 12.8. The van der Waals surface area contributed by atoms with Gasteiger partial charge in [-0.3, -0.25) is 9.59 Å². The van der Waals surface area contributed by atoms with Gasteiger partial charge in [-0.15, -0.1) is 0 Å². The highest BCUT2D eigenvalue weighted by Crippen LogP contribution is 2.09. The molecule has 0 spiro atoms. The summed E-state index contributed by atoms with van der Waals surface area (Å²) in [4.78, 5) is 51.1. The molecule has 10 nitrogen and oxygen atoms in total. The Morgan fingerprint density at radius 1 is 0.625 bits per heavy atom. The van der Waals surface area contributed by atoms with E-state index in [9.17, 15) is 29.4 Å². The molecule has 0 fully saturated rings. The van der Waals surface area contributed by atoms with Gasteiger partial charge in [0.25, 0.3) is 11.8 Å². The number of hydrogen-bond acceptors (Lipinski definition) is 8. The van der Waals surface area contributed by atoms with E-state index in [1.165, 1.54) is 0 Å². The maximum atomic E-state index is 12.8. The molecule has 0 saturated heterocycles. The van der Waals surface area contributed by atoms with Crippen molar-refractivity contribution < 1.29 is 38.9 Å². The highest BCUT2D eigenvalue weighted by Gasteiger charge is 2.35. The van der Waals surface area contributed by atoms with Crippen LogP contribution in [0.15, 0.2) is 60.7 Å². The van der Waals surface area contributed by atoms with Gasteiger partial charge >= 0.3 is 11.9 Å². The van der Waals surface area contributed by atoms with Gasteiger partial charge in [0, 0.05) is 12.8 Å². The molecule has 2 amide bonds. The van der Waals surface area contributed by atoms with Gasteiger partial charge in [0.2, 0.25) is 0 Å². The smallest absolute Gasteiger partial charge is 0.328 e. The number of ether oxygens (including phenoxy) is 2. The number of aliphatic hydroxyl groups is 2. The summed E-state index contributed by atoms with van der Waals surface area (Å²) >= 11 is 0. The molecule has 0 radical (unpaired) electrons. The number of aliphatic hydroxyl groups excluding tert-OH is 2. The normalized spacial score (nSPS) is 14.1. The van der Waals surface area contributed by atoms with Crippen LogP contribution < -0.4 is 10.6 Å². The van der Waals surface area contributed by atoms with Crippen LogP contribution in [0.3, 0.4) is 0 Å². The molecule has 0 unspecified atom stereocenters. The van der Waals surface area contributed by atoms with Gasteiger partial charge in [0.15, 0.2) is 12.2 Å². The minimum absolute atomic E-state index is 0.0594. The third kappa shape index (κ3) is 11.2. The van der Waals surface area contributed by atoms with E-state index in [0.717, 1.165) is 11.1 Å². The van der Waals surface area contributed by atoms with Crippen LogP contribution >= 0.6 is 0 Å². The molecule has 0 aliphatic carbocycles. The quantitative estimate of drug-likeness (QED) is 0.241.